The smallest absolute Gasteiger partial charge is 0.179 e. The van der Waals surface area contributed by atoms with Crippen molar-refractivity contribution in [2.75, 3.05) is 13.7 Å². The minimum atomic E-state index is 0.168. The molecule has 0 amide bonds. The van der Waals surface area contributed by atoms with Crippen LogP contribution < -0.4 is 4.74 Å². The van der Waals surface area contributed by atoms with Gasteiger partial charge in [-0.05, 0) is 29.7 Å². The van der Waals surface area contributed by atoms with Crippen LogP contribution in [0.1, 0.15) is 11.1 Å². The number of benzene rings is 1. The van der Waals surface area contributed by atoms with Gasteiger partial charge in [0.05, 0.1) is 13.7 Å². The molecule has 0 spiro atoms. The van der Waals surface area contributed by atoms with Crippen LogP contribution in [0.2, 0.25) is 0 Å². The lowest BCUT2D eigenvalue weighted by Gasteiger charge is -2.24. The van der Waals surface area contributed by atoms with Crippen LogP contribution in [0, 0.1) is 11.5 Å². The van der Waals surface area contributed by atoms with E-state index in [0.29, 0.717) is 12.3 Å². The molecule has 15 heavy (non-hydrogen) atoms. The van der Waals surface area contributed by atoms with Crippen molar-refractivity contribution in [1.82, 2.24) is 4.90 Å². The number of methoxy groups -OCH3 is 1. The van der Waals surface area contributed by atoms with Gasteiger partial charge in [-0.25, -0.2) is 0 Å². The van der Waals surface area contributed by atoms with Gasteiger partial charge >= 0.3 is 0 Å². The van der Waals surface area contributed by atoms with Gasteiger partial charge in [0.2, 0.25) is 0 Å². The standard InChI is InChI=1S/C11H12N2O2/c1-15-11-5-9-6-13(7-12)3-2-8(9)4-10(11)14/h4-5,14H,2-3,6H2,1H3. The number of aromatic hydroxyl groups is 1. The largest absolute Gasteiger partial charge is 0.504 e. The summed E-state index contributed by atoms with van der Waals surface area (Å²) in [6.07, 6.45) is 2.92. The first kappa shape index (κ1) is 9.66. The van der Waals surface area contributed by atoms with Crippen LogP contribution in [0.15, 0.2) is 12.1 Å². The van der Waals surface area contributed by atoms with Gasteiger partial charge in [-0.2, -0.15) is 5.26 Å². The number of nitrogens with zero attached hydrogens (tertiary/aromatic N) is 2. The minimum Gasteiger partial charge on any atom is -0.504 e. The average Bonchev–Trinajstić information content (AvgIpc) is 2.27. The molecule has 1 aliphatic rings. The van der Waals surface area contributed by atoms with Crippen LogP contribution in [0.5, 0.6) is 11.5 Å². The fourth-order valence-corrected chi connectivity index (χ4v) is 1.82. The first-order chi connectivity index (χ1) is 7.24. The number of nitriles is 1. The van der Waals surface area contributed by atoms with Crippen molar-refractivity contribution in [3.8, 4) is 17.7 Å². The topological polar surface area (TPSA) is 56.5 Å². The van der Waals surface area contributed by atoms with E-state index < -0.39 is 0 Å². The molecule has 1 N–H and O–H groups in total. The third kappa shape index (κ3) is 1.68. The van der Waals surface area contributed by atoms with Gasteiger partial charge in [0, 0.05) is 6.54 Å². The molecule has 1 aromatic carbocycles. The van der Waals surface area contributed by atoms with Crippen molar-refractivity contribution in [1.29, 1.82) is 5.26 Å². The fourth-order valence-electron chi connectivity index (χ4n) is 1.82. The zero-order valence-electron chi connectivity index (χ0n) is 8.53. The van der Waals surface area contributed by atoms with Crippen LogP contribution in [0.25, 0.3) is 0 Å². The molecule has 0 bridgehead atoms. The summed E-state index contributed by atoms with van der Waals surface area (Å²) in [6, 6.07) is 3.52. The molecular weight excluding hydrogens is 192 g/mol. The van der Waals surface area contributed by atoms with E-state index in [-0.39, 0.29) is 5.75 Å². The molecule has 78 valence electrons. The zero-order valence-corrected chi connectivity index (χ0v) is 8.53. The molecule has 1 heterocycles. The highest BCUT2D eigenvalue weighted by molar-refractivity contribution is 5.47. The second kappa shape index (κ2) is 3.70. The number of rotatable bonds is 1. The van der Waals surface area contributed by atoms with E-state index in [4.69, 9.17) is 10.00 Å². The van der Waals surface area contributed by atoms with Crippen LogP contribution in [-0.4, -0.2) is 23.7 Å². The van der Waals surface area contributed by atoms with E-state index in [1.807, 2.05) is 0 Å². The van der Waals surface area contributed by atoms with E-state index in [0.717, 1.165) is 24.1 Å². The van der Waals surface area contributed by atoms with Crippen molar-refractivity contribution in [3.63, 3.8) is 0 Å². The summed E-state index contributed by atoms with van der Waals surface area (Å²) in [4.78, 5) is 1.69. The Hall–Kier alpha value is -1.89. The quantitative estimate of drug-likeness (QED) is 0.699. The Kier molecular flexibility index (Phi) is 2.38. The first-order valence-electron chi connectivity index (χ1n) is 4.78. The SMILES string of the molecule is COc1cc2c(cc1O)CCN(C#N)C2. The molecule has 0 unspecified atom stereocenters. The third-order valence-electron chi connectivity index (χ3n) is 2.65. The summed E-state index contributed by atoms with van der Waals surface area (Å²) in [5, 5.41) is 18.4. The highest BCUT2D eigenvalue weighted by atomic mass is 16.5. The molecule has 0 radical (unpaired) electrons. The number of ether oxygens (including phenoxy) is 1. The first-order valence-corrected chi connectivity index (χ1v) is 4.78. The van der Waals surface area contributed by atoms with Gasteiger partial charge in [0.1, 0.15) is 0 Å². The second-order valence-corrected chi connectivity index (χ2v) is 3.56. The van der Waals surface area contributed by atoms with Gasteiger partial charge in [-0.1, -0.05) is 0 Å². The van der Waals surface area contributed by atoms with Gasteiger partial charge in [-0.15, -0.1) is 0 Å². The molecule has 0 aromatic heterocycles. The maximum atomic E-state index is 9.59. The molecule has 4 heteroatoms. The Balaban J connectivity index is 2.38. The molecule has 1 aliphatic heterocycles. The number of fused-ring (bicyclic) bond motifs is 1. The van der Waals surface area contributed by atoms with Gasteiger partial charge in [0.25, 0.3) is 0 Å². The van der Waals surface area contributed by atoms with Crippen molar-refractivity contribution >= 4 is 0 Å². The lowest BCUT2D eigenvalue weighted by Crippen LogP contribution is -2.25. The molecule has 1 aromatic rings. The summed E-state index contributed by atoms with van der Waals surface area (Å²) in [5.74, 6) is 0.634. The number of phenols is 1. The van der Waals surface area contributed by atoms with Crippen LogP contribution >= 0.6 is 0 Å². The summed E-state index contributed by atoms with van der Waals surface area (Å²) in [5.41, 5.74) is 2.15. The molecule has 2 rings (SSSR count). The Labute approximate surface area is 88.3 Å². The fraction of sp³-hybridized carbons (Fsp3) is 0.364. The molecule has 0 aliphatic carbocycles. The normalized spacial score (nSPS) is 14.3. The molecule has 4 nitrogen and oxygen atoms in total. The Morgan fingerprint density at radius 2 is 2.27 bits per heavy atom. The molecule has 0 saturated heterocycles. The van der Waals surface area contributed by atoms with Crippen LogP contribution in [0.3, 0.4) is 0 Å². The summed E-state index contributed by atoms with van der Waals surface area (Å²) >= 11 is 0. The van der Waals surface area contributed by atoms with Crippen LogP contribution in [0.4, 0.5) is 0 Å². The lowest BCUT2D eigenvalue weighted by molar-refractivity contribution is 0.353. The summed E-state index contributed by atoms with van der Waals surface area (Å²) in [6.45, 7) is 1.32. The van der Waals surface area contributed by atoms with E-state index >= 15 is 0 Å². The number of hydrogen-bond donors (Lipinski definition) is 1. The van der Waals surface area contributed by atoms with E-state index in [9.17, 15) is 5.11 Å². The van der Waals surface area contributed by atoms with E-state index in [2.05, 4.69) is 6.19 Å². The van der Waals surface area contributed by atoms with Gasteiger partial charge in [-0.3, -0.25) is 0 Å². The van der Waals surface area contributed by atoms with Crippen molar-refractivity contribution in [3.05, 3.63) is 23.3 Å². The predicted molar refractivity (Wildman–Crippen MR) is 54.4 cm³/mol. The van der Waals surface area contributed by atoms with Gasteiger partial charge in [0.15, 0.2) is 17.7 Å². The van der Waals surface area contributed by atoms with Crippen molar-refractivity contribution < 1.29 is 9.84 Å². The summed E-state index contributed by atoms with van der Waals surface area (Å²) < 4.78 is 5.03. The lowest BCUT2D eigenvalue weighted by atomic mass is 9.99. The number of hydrogen-bond acceptors (Lipinski definition) is 4. The Morgan fingerprint density at radius 1 is 1.47 bits per heavy atom. The highest BCUT2D eigenvalue weighted by Gasteiger charge is 2.17. The molecule has 0 atom stereocenters. The van der Waals surface area contributed by atoms with E-state index in [1.54, 1.807) is 17.0 Å². The molecule has 0 fully saturated rings. The maximum Gasteiger partial charge on any atom is 0.179 e. The van der Waals surface area contributed by atoms with Gasteiger partial charge < -0.3 is 14.7 Å². The van der Waals surface area contributed by atoms with Crippen molar-refractivity contribution in [2.45, 2.75) is 13.0 Å². The number of phenolic OH excluding ortho intramolecular Hbond substituents is 1. The van der Waals surface area contributed by atoms with E-state index in [1.165, 1.54) is 7.11 Å². The molecule has 0 saturated carbocycles. The minimum absolute atomic E-state index is 0.168. The van der Waals surface area contributed by atoms with Crippen LogP contribution in [-0.2, 0) is 13.0 Å². The summed E-state index contributed by atoms with van der Waals surface area (Å²) in [7, 11) is 1.52. The third-order valence-corrected chi connectivity index (χ3v) is 2.65. The Bertz CT molecular complexity index is 423. The van der Waals surface area contributed by atoms with Crippen molar-refractivity contribution in [2.24, 2.45) is 0 Å². The highest BCUT2D eigenvalue weighted by Crippen LogP contribution is 2.32. The zero-order chi connectivity index (χ0) is 10.8. The predicted octanol–water partition coefficient (Wildman–Crippen LogP) is 1.24. The monoisotopic (exact) mass is 204 g/mol. The average molecular weight is 204 g/mol. The second-order valence-electron chi connectivity index (χ2n) is 3.56. The molecular formula is C11H12N2O2. The Morgan fingerprint density at radius 3 is 2.93 bits per heavy atom. The maximum absolute atomic E-state index is 9.59.